The van der Waals surface area contributed by atoms with Crippen molar-refractivity contribution < 1.29 is 9.53 Å². The van der Waals surface area contributed by atoms with Gasteiger partial charge in [0.25, 0.3) is 0 Å². The number of benzene rings is 1. The molecule has 0 N–H and O–H groups in total. The first-order valence-corrected chi connectivity index (χ1v) is 8.16. The van der Waals surface area contributed by atoms with Crippen molar-refractivity contribution in [2.24, 2.45) is 0 Å². The van der Waals surface area contributed by atoms with Crippen LogP contribution in [0.1, 0.15) is 30.0 Å². The minimum Gasteiger partial charge on any atom is -0.497 e. The van der Waals surface area contributed by atoms with Crippen molar-refractivity contribution in [3.05, 3.63) is 52.2 Å². The number of methoxy groups -OCH3 is 1. The Labute approximate surface area is 129 Å². The third-order valence-corrected chi connectivity index (χ3v) is 4.74. The van der Waals surface area contributed by atoms with E-state index in [0.717, 1.165) is 30.7 Å². The normalized spacial score (nSPS) is 18.0. The molecule has 0 spiro atoms. The van der Waals surface area contributed by atoms with Gasteiger partial charge in [-0.3, -0.25) is 4.79 Å². The van der Waals surface area contributed by atoms with Gasteiger partial charge in [0.2, 0.25) is 5.91 Å². The van der Waals surface area contributed by atoms with Gasteiger partial charge in [0.15, 0.2) is 0 Å². The molecule has 21 heavy (non-hydrogen) atoms. The summed E-state index contributed by atoms with van der Waals surface area (Å²) >= 11 is 1.64. The molecule has 1 aromatic heterocycles. The van der Waals surface area contributed by atoms with Crippen LogP contribution in [0.5, 0.6) is 5.75 Å². The highest BCUT2D eigenvalue weighted by atomic mass is 32.1. The Morgan fingerprint density at radius 1 is 1.33 bits per heavy atom. The Balaban J connectivity index is 1.73. The predicted molar refractivity (Wildman–Crippen MR) is 84.7 cm³/mol. The van der Waals surface area contributed by atoms with Crippen LogP contribution in [0.4, 0.5) is 0 Å². The predicted octanol–water partition coefficient (Wildman–Crippen LogP) is 3.66. The SMILES string of the molecule is COc1ccc(C2CCCN2C(=O)Cc2ccsc2)cc1. The highest BCUT2D eigenvalue weighted by Crippen LogP contribution is 2.33. The number of hydrogen-bond donors (Lipinski definition) is 0. The minimum atomic E-state index is 0.210. The summed E-state index contributed by atoms with van der Waals surface area (Å²) in [6.45, 7) is 0.861. The Morgan fingerprint density at radius 3 is 2.81 bits per heavy atom. The van der Waals surface area contributed by atoms with Crippen LogP contribution in [0.25, 0.3) is 0 Å². The molecule has 3 nitrogen and oxygen atoms in total. The zero-order valence-electron chi connectivity index (χ0n) is 12.1. The van der Waals surface area contributed by atoms with Gasteiger partial charge in [0.1, 0.15) is 5.75 Å². The van der Waals surface area contributed by atoms with Gasteiger partial charge in [-0.25, -0.2) is 0 Å². The molecular formula is C17H19NO2S. The average Bonchev–Trinajstić information content (AvgIpc) is 3.18. The lowest BCUT2D eigenvalue weighted by atomic mass is 10.0. The van der Waals surface area contributed by atoms with E-state index in [0.29, 0.717) is 6.42 Å². The average molecular weight is 301 g/mol. The van der Waals surface area contributed by atoms with Crippen LogP contribution in [0.3, 0.4) is 0 Å². The van der Waals surface area contributed by atoms with Crippen molar-refractivity contribution in [2.75, 3.05) is 13.7 Å². The largest absolute Gasteiger partial charge is 0.497 e. The quantitative estimate of drug-likeness (QED) is 0.862. The summed E-state index contributed by atoms with van der Waals surface area (Å²) < 4.78 is 5.20. The third-order valence-electron chi connectivity index (χ3n) is 4.01. The number of likely N-dealkylation sites (tertiary alicyclic amines) is 1. The van der Waals surface area contributed by atoms with Gasteiger partial charge in [-0.1, -0.05) is 12.1 Å². The molecule has 3 rings (SSSR count). The lowest BCUT2D eigenvalue weighted by molar-refractivity contribution is -0.131. The van der Waals surface area contributed by atoms with Gasteiger partial charge < -0.3 is 9.64 Å². The fourth-order valence-corrected chi connectivity index (χ4v) is 3.58. The van der Waals surface area contributed by atoms with Gasteiger partial charge in [-0.15, -0.1) is 0 Å². The molecule has 2 aromatic rings. The molecule has 4 heteroatoms. The maximum atomic E-state index is 12.5. The van der Waals surface area contributed by atoms with Gasteiger partial charge >= 0.3 is 0 Å². The van der Waals surface area contributed by atoms with E-state index < -0.39 is 0 Å². The Hall–Kier alpha value is -1.81. The van der Waals surface area contributed by atoms with Gasteiger partial charge in [0, 0.05) is 6.54 Å². The number of hydrogen-bond acceptors (Lipinski definition) is 3. The van der Waals surface area contributed by atoms with Crippen molar-refractivity contribution in [2.45, 2.75) is 25.3 Å². The number of carbonyl (C=O) groups is 1. The van der Waals surface area contributed by atoms with Gasteiger partial charge in [0.05, 0.1) is 19.6 Å². The second-order valence-corrected chi connectivity index (χ2v) is 6.11. The van der Waals surface area contributed by atoms with Crippen molar-refractivity contribution in [1.82, 2.24) is 4.90 Å². The van der Waals surface area contributed by atoms with E-state index in [9.17, 15) is 4.79 Å². The summed E-state index contributed by atoms with van der Waals surface area (Å²) in [4.78, 5) is 14.6. The molecule has 0 aliphatic carbocycles. The van der Waals surface area contributed by atoms with Gasteiger partial charge in [-0.05, 0) is 52.9 Å². The maximum Gasteiger partial charge on any atom is 0.227 e. The highest BCUT2D eigenvalue weighted by Gasteiger charge is 2.29. The molecule has 2 heterocycles. The van der Waals surface area contributed by atoms with Crippen LogP contribution in [0, 0.1) is 0 Å². The maximum absolute atomic E-state index is 12.5. The summed E-state index contributed by atoms with van der Waals surface area (Å²) in [7, 11) is 1.67. The first kappa shape index (κ1) is 14.1. The molecule has 0 saturated carbocycles. The van der Waals surface area contributed by atoms with E-state index in [-0.39, 0.29) is 11.9 Å². The molecule has 1 amide bonds. The smallest absolute Gasteiger partial charge is 0.227 e. The molecular weight excluding hydrogens is 282 g/mol. The molecule has 1 saturated heterocycles. The molecule has 0 bridgehead atoms. The second-order valence-electron chi connectivity index (χ2n) is 5.33. The molecule has 1 aromatic carbocycles. The van der Waals surface area contributed by atoms with Crippen molar-refractivity contribution in [1.29, 1.82) is 0 Å². The summed E-state index contributed by atoms with van der Waals surface area (Å²) in [6, 6.07) is 10.3. The van der Waals surface area contributed by atoms with E-state index >= 15 is 0 Å². The van der Waals surface area contributed by atoms with Crippen LogP contribution in [0.2, 0.25) is 0 Å². The zero-order chi connectivity index (χ0) is 14.7. The van der Waals surface area contributed by atoms with E-state index in [2.05, 4.69) is 17.5 Å². The monoisotopic (exact) mass is 301 g/mol. The molecule has 1 unspecified atom stereocenters. The molecule has 1 fully saturated rings. The molecule has 110 valence electrons. The lowest BCUT2D eigenvalue weighted by Gasteiger charge is -2.25. The number of rotatable bonds is 4. The van der Waals surface area contributed by atoms with E-state index in [1.807, 2.05) is 28.5 Å². The zero-order valence-corrected chi connectivity index (χ0v) is 12.9. The lowest BCUT2D eigenvalue weighted by Crippen LogP contribution is -2.31. The topological polar surface area (TPSA) is 29.5 Å². The number of thiophene rings is 1. The molecule has 0 radical (unpaired) electrons. The number of nitrogens with zero attached hydrogens (tertiary/aromatic N) is 1. The molecule has 1 aliphatic heterocycles. The van der Waals surface area contributed by atoms with Crippen LogP contribution >= 0.6 is 11.3 Å². The molecule has 1 aliphatic rings. The highest BCUT2D eigenvalue weighted by molar-refractivity contribution is 7.07. The standard InChI is InChI=1S/C17H19NO2S/c1-20-15-6-4-14(5-7-15)16-3-2-9-18(16)17(19)11-13-8-10-21-12-13/h4-8,10,12,16H,2-3,9,11H2,1H3. The molecule has 1 atom stereocenters. The summed E-state index contributed by atoms with van der Waals surface area (Å²) in [5, 5.41) is 4.07. The van der Waals surface area contributed by atoms with Crippen LogP contribution in [-0.4, -0.2) is 24.5 Å². The summed E-state index contributed by atoms with van der Waals surface area (Å²) in [6.07, 6.45) is 2.63. The first-order chi connectivity index (χ1) is 10.3. The summed E-state index contributed by atoms with van der Waals surface area (Å²) in [5.41, 5.74) is 2.32. The van der Waals surface area contributed by atoms with Crippen LogP contribution < -0.4 is 4.74 Å². The van der Waals surface area contributed by atoms with E-state index in [4.69, 9.17) is 4.74 Å². The fourth-order valence-electron chi connectivity index (χ4n) is 2.91. The van der Waals surface area contributed by atoms with E-state index in [1.165, 1.54) is 5.56 Å². The number of amides is 1. The van der Waals surface area contributed by atoms with Crippen LogP contribution in [0.15, 0.2) is 41.1 Å². The fraction of sp³-hybridized carbons (Fsp3) is 0.353. The first-order valence-electron chi connectivity index (χ1n) is 7.22. The van der Waals surface area contributed by atoms with Crippen molar-refractivity contribution >= 4 is 17.2 Å². The second kappa shape index (κ2) is 6.31. The Kier molecular flexibility index (Phi) is 4.25. The number of carbonyl (C=O) groups excluding carboxylic acids is 1. The van der Waals surface area contributed by atoms with E-state index in [1.54, 1.807) is 18.4 Å². The minimum absolute atomic E-state index is 0.210. The Morgan fingerprint density at radius 2 is 2.14 bits per heavy atom. The van der Waals surface area contributed by atoms with Crippen molar-refractivity contribution in [3.63, 3.8) is 0 Å². The van der Waals surface area contributed by atoms with Crippen molar-refractivity contribution in [3.8, 4) is 5.75 Å². The number of ether oxygens (including phenoxy) is 1. The Bertz CT molecular complexity index is 592. The summed E-state index contributed by atoms with van der Waals surface area (Å²) in [5.74, 6) is 1.08. The van der Waals surface area contributed by atoms with Crippen LogP contribution in [-0.2, 0) is 11.2 Å². The third kappa shape index (κ3) is 3.10. The van der Waals surface area contributed by atoms with Gasteiger partial charge in [-0.2, -0.15) is 11.3 Å².